The normalized spacial score (nSPS) is 25.8. The smallest absolute Gasteiger partial charge is 0.250 e. The van der Waals surface area contributed by atoms with E-state index in [1.54, 1.807) is 23.8 Å². The maximum absolute atomic E-state index is 13.0. The van der Waals surface area contributed by atoms with Crippen LogP contribution in [-0.4, -0.2) is 85.8 Å². The van der Waals surface area contributed by atoms with Gasteiger partial charge in [0, 0.05) is 43.8 Å². The van der Waals surface area contributed by atoms with Crippen molar-refractivity contribution >= 4 is 32.6 Å². The lowest BCUT2D eigenvalue weighted by Gasteiger charge is -2.39. The molecule has 4 N–H and O–H groups in total. The second kappa shape index (κ2) is 11.9. The SMILES string of the molecule is C[C@@H]1O[C@H](O)[C@@H](CNS(=O)(=O)/C(C#N)=C/c2ccc(-c3ccc4cc(N5CCOCC5)ccc4c3)n2C)[C@@H](O)C1O. The minimum absolute atomic E-state index is 0.434. The van der Waals surface area contributed by atoms with E-state index in [0.29, 0.717) is 5.69 Å². The van der Waals surface area contributed by atoms with Crippen molar-refractivity contribution in [1.29, 1.82) is 5.26 Å². The average Bonchev–Trinajstić information content (AvgIpc) is 3.33. The summed E-state index contributed by atoms with van der Waals surface area (Å²) in [5.74, 6) is -1.12. The van der Waals surface area contributed by atoms with Gasteiger partial charge in [-0.1, -0.05) is 18.2 Å². The lowest BCUT2D eigenvalue weighted by Crippen LogP contribution is -2.56. The largest absolute Gasteiger partial charge is 0.390 e. The lowest BCUT2D eigenvalue weighted by atomic mass is 9.91. The fourth-order valence-corrected chi connectivity index (χ4v) is 6.25. The number of aliphatic hydroxyl groups is 3. The number of nitrogens with one attached hydrogen (secondary N) is 1. The molecule has 1 aromatic heterocycles. The molecule has 218 valence electrons. The van der Waals surface area contributed by atoms with Gasteiger partial charge in [-0.3, -0.25) is 0 Å². The van der Waals surface area contributed by atoms with Crippen molar-refractivity contribution in [3.63, 3.8) is 0 Å². The van der Waals surface area contributed by atoms with E-state index in [2.05, 4.69) is 40.0 Å². The van der Waals surface area contributed by atoms with Crippen LogP contribution >= 0.6 is 0 Å². The van der Waals surface area contributed by atoms with Crippen LogP contribution < -0.4 is 9.62 Å². The van der Waals surface area contributed by atoms with Crippen LogP contribution in [0.1, 0.15) is 12.6 Å². The number of anilines is 1. The van der Waals surface area contributed by atoms with Crippen LogP contribution in [0.2, 0.25) is 0 Å². The van der Waals surface area contributed by atoms with Gasteiger partial charge in [-0.15, -0.1) is 0 Å². The highest BCUT2D eigenvalue weighted by Crippen LogP contribution is 2.30. The third kappa shape index (κ3) is 6.02. The van der Waals surface area contributed by atoms with Gasteiger partial charge in [0.1, 0.15) is 12.2 Å². The second-order valence-corrected chi connectivity index (χ2v) is 12.1. The van der Waals surface area contributed by atoms with Gasteiger partial charge in [0.05, 0.1) is 31.3 Å². The number of aliphatic hydroxyl groups excluding tert-OH is 3. The molecular weight excluding hydrogens is 548 g/mol. The molecule has 3 aromatic rings. The fourth-order valence-electron chi connectivity index (χ4n) is 5.28. The van der Waals surface area contributed by atoms with E-state index < -0.39 is 52.0 Å². The molecule has 2 aliphatic heterocycles. The predicted octanol–water partition coefficient (Wildman–Crippen LogP) is 1.54. The Labute approximate surface area is 238 Å². The summed E-state index contributed by atoms with van der Waals surface area (Å²) in [6.07, 6.45) is -3.73. The van der Waals surface area contributed by atoms with Crippen molar-refractivity contribution < 1.29 is 33.2 Å². The molecule has 0 radical (unpaired) electrons. The first-order valence-electron chi connectivity index (χ1n) is 13.4. The van der Waals surface area contributed by atoms with Crippen molar-refractivity contribution in [2.45, 2.75) is 31.5 Å². The van der Waals surface area contributed by atoms with E-state index >= 15 is 0 Å². The number of nitriles is 1. The van der Waals surface area contributed by atoms with E-state index in [-0.39, 0.29) is 0 Å². The van der Waals surface area contributed by atoms with Crippen LogP contribution in [0.3, 0.4) is 0 Å². The second-order valence-electron chi connectivity index (χ2n) is 10.4. The molecule has 0 bridgehead atoms. The molecule has 0 amide bonds. The highest BCUT2D eigenvalue weighted by molar-refractivity contribution is 7.93. The van der Waals surface area contributed by atoms with Crippen molar-refractivity contribution in [2.24, 2.45) is 13.0 Å². The molecule has 2 aliphatic rings. The zero-order valence-corrected chi connectivity index (χ0v) is 23.7. The molecule has 2 aromatic carbocycles. The number of ether oxygens (including phenoxy) is 2. The van der Waals surface area contributed by atoms with Gasteiger partial charge in [-0.05, 0) is 59.7 Å². The Morgan fingerprint density at radius 3 is 2.51 bits per heavy atom. The Morgan fingerprint density at radius 1 is 1.07 bits per heavy atom. The minimum atomic E-state index is -4.30. The molecule has 2 saturated heterocycles. The molecule has 11 nitrogen and oxygen atoms in total. The summed E-state index contributed by atoms with van der Waals surface area (Å²) in [5.41, 5.74) is 3.43. The van der Waals surface area contributed by atoms with E-state index in [4.69, 9.17) is 9.47 Å². The van der Waals surface area contributed by atoms with Gasteiger partial charge in [0.2, 0.25) is 0 Å². The van der Waals surface area contributed by atoms with Crippen LogP contribution in [0.5, 0.6) is 0 Å². The van der Waals surface area contributed by atoms with E-state index in [0.717, 1.165) is 54.0 Å². The van der Waals surface area contributed by atoms with Crippen molar-refractivity contribution in [2.75, 3.05) is 37.7 Å². The Bertz CT molecular complexity index is 1590. The van der Waals surface area contributed by atoms with Crippen LogP contribution in [0.25, 0.3) is 28.1 Å². The van der Waals surface area contributed by atoms with Gasteiger partial charge in [0.25, 0.3) is 10.0 Å². The van der Waals surface area contributed by atoms with Crippen molar-refractivity contribution in [3.8, 4) is 17.3 Å². The maximum atomic E-state index is 13.0. The highest BCUT2D eigenvalue weighted by atomic mass is 32.2. The van der Waals surface area contributed by atoms with Crippen molar-refractivity contribution in [3.05, 3.63) is 59.1 Å². The first kappa shape index (κ1) is 29.2. The van der Waals surface area contributed by atoms with Crippen LogP contribution in [0, 0.1) is 17.2 Å². The molecule has 0 spiro atoms. The average molecular weight is 583 g/mol. The number of sulfonamides is 1. The standard InChI is InChI=1S/C29H34N4O7S/c1-18-27(34)28(35)25(29(36)40-18)17-31-41(37,38)24(16-30)15-22-7-8-26(32(22)2)21-4-3-20-14-23(6-5-19(20)13-21)33-9-11-39-12-10-33/h3-8,13-15,18,25,27-29,31,34-36H,9-12,17H2,1-2H3/b24-15+/t18-,25-,27?,28+,29-/m0/s1. The number of fused-ring (bicyclic) bond motifs is 1. The summed E-state index contributed by atoms with van der Waals surface area (Å²) in [6.45, 7) is 4.22. The molecule has 0 saturated carbocycles. The molecule has 5 atom stereocenters. The molecule has 41 heavy (non-hydrogen) atoms. The number of hydrogen-bond acceptors (Lipinski definition) is 9. The molecule has 12 heteroatoms. The molecule has 3 heterocycles. The molecule has 2 fully saturated rings. The summed E-state index contributed by atoms with van der Waals surface area (Å²) in [6, 6.07) is 17.8. The number of hydrogen-bond donors (Lipinski definition) is 4. The summed E-state index contributed by atoms with van der Waals surface area (Å²) in [7, 11) is -2.51. The van der Waals surface area contributed by atoms with E-state index in [1.807, 2.05) is 12.1 Å². The lowest BCUT2D eigenvalue weighted by molar-refractivity contribution is -0.257. The van der Waals surface area contributed by atoms with Gasteiger partial charge >= 0.3 is 0 Å². The number of benzene rings is 2. The first-order chi connectivity index (χ1) is 19.6. The Morgan fingerprint density at radius 2 is 1.78 bits per heavy atom. The number of allylic oxidation sites excluding steroid dienone is 1. The minimum Gasteiger partial charge on any atom is -0.390 e. The van der Waals surface area contributed by atoms with Gasteiger partial charge in [-0.25, -0.2) is 13.1 Å². The highest BCUT2D eigenvalue weighted by Gasteiger charge is 2.42. The summed E-state index contributed by atoms with van der Waals surface area (Å²) >= 11 is 0. The Hall–Kier alpha value is -3.28. The summed E-state index contributed by atoms with van der Waals surface area (Å²) < 4.78 is 40.6. The Balaban J connectivity index is 1.34. The van der Waals surface area contributed by atoms with E-state index in [1.165, 1.54) is 13.0 Å². The number of morpholine rings is 1. The first-order valence-corrected chi connectivity index (χ1v) is 14.9. The topological polar surface area (TPSA) is 157 Å². The van der Waals surface area contributed by atoms with E-state index in [9.17, 15) is 29.0 Å². The molecule has 0 aliphatic carbocycles. The fraction of sp³-hybridized carbons (Fsp3) is 0.414. The van der Waals surface area contributed by atoms with Crippen LogP contribution in [-0.2, 0) is 26.5 Å². The third-order valence-corrected chi connectivity index (χ3v) is 9.17. The molecule has 5 rings (SSSR count). The molecular formula is C29H34N4O7S. The number of rotatable bonds is 7. The Kier molecular flexibility index (Phi) is 8.49. The monoisotopic (exact) mass is 582 g/mol. The zero-order valence-electron chi connectivity index (χ0n) is 22.8. The van der Waals surface area contributed by atoms with Gasteiger partial charge in [-0.2, -0.15) is 5.26 Å². The number of aromatic nitrogens is 1. The maximum Gasteiger partial charge on any atom is 0.250 e. The summed E-state index contributed by atoms with van der Waals surface area (Å²) in [5, 5.41) is 42.3. The predicted molar refractivity (Wildman–Crippen MR) is 154 cm³/mol. The van der Waals surface area contributed by atoms with Crippen molar-refractivity contribution in [1.82, 2.24) is 9.29 Å². The number of nitrogens with zero attached hydrogens (tertiary/aromatic N) is 3. The summed E-state index contributed by atoms with van der Waals surface area (Å²) in [4.78, 5) is 1.77. The van der Waals surface area contributed by atoms with Gasteiger partial charge in [0.15, 0.2) is 11.2 Å². The van der Waals surface area contributed by atoms with Gasteiger partial charge < -0.3 is 34.3 Å². The quantitative estimate of drug-likeness (QED) is 0.303. The van der Waals surface area contributed by atoms with Crippen LogP contribution in [0.4, 0.5) is 5.69 Å². The zero-order chi connectivity index (χ0) is 29.3. The van der Waals surface area contributed by atoms with Crippen LogP contribution in [0.15, 0.2) is 53.4 Å². The molecule has 1 unspecified atom stereocenters. The third-order valence-electron chi connectivity index (χ3n) is 7.83.